The summed E-state index contributed by atoms with van der Waals surface area (Å²) in [6.45, 7) is 3.16. The van der Waals surface area contributed by atoms with Gasteiger partial charge in [0.15, 0.2) is 5.69 Å². The zero-order valence-electron chi connectivity index (χ0n) is 15.1. The molecule has 1 fully saturated rings. The lowest BCUT2D eigenvalue weighted by atomic mass is 10.2. The summed E-state index contributed by atoms with van der Waals surface area (Å²) in [5.41, 5.74) is 0.218. The molecule has 0 aliphatic heterocycles. The minimum Gasteiger partial charge on any atom is -0.341 e. The zero-order valence-corrected chi connectivity index (χ0v) is 15.9. The van der Waals surface area contributed by atoms with E-state index in [1.54, 1.807) is 17.9 Å². The number of nitrogens with zero attached hydrogens (tertiary/aromatic N) is 5. The second-order valence-corrected chi connectivity index (χ2v) is 7.13. The molecule has 148 valence electrons. The van der Waals surface area contributed by atoms with Gasteiger partial charge in [-0.1, -0.05) is 11.6 Å². The third-order valence-electron chi connectivity index (χ3n) is 4.56. The van der Waals surface area contributed by atoms with E-state index in [4.69, 9.17) is 11.6 Å². The largest absolute Gasteiger partial charge is 0.436 e. The van der Waals surface area contributed by atoms with E-state index in [-0.39, 0.29) is 29.8 Å². The fraction of sp³-hybridized carbons (Fsp3) is 0.588. The first kappa shape index (κ1) is 19.7. The van der Waals surface area contributed by atoms with Crippen molar-refractivity contribution in [3.05, 3.63) is 34.4 Å². The first-order valence-electron chi connectivity index (χ1n) is 8.79. The molecule has 1 saturated carbocycles. The summed E-state index contributed by atoms with van der Waals surface area (Å²) >= 11 is 5.94. The summed E-state index contributed by atoms with van der Waals surface area (Å²) in [4.78, 5) is 13.9. The maximum absolute atomic E-state index is 13.1. The summed E-state index contributed by atoms with van der Waals surface area (Å²) in [5, 5.41) is 7.47. The first-order valence-corrected chi connectivity index (χ1v) is 9.17. The lowest BCUT2D eigenvalue weighted by Gasteiger charge is -2.16. The van der Waals surface area contributed by atoms with E-state index < -0.39 is 11.9 Å². The minimum absolute atomic E-state index is 0.00573. The average molecular weight is 404 g/mol. The van der Waals surface area contributed by atoms with Crippen LogP contribution in [0.15, 0.2) is 12.4 Å². The second-order valence-electron chi connectivity index (χ2n) is 6.75. The molecule has 0 atom stereocenters. The predicted octanol–water partition coefficient (Wildman–Crippen LogP) is 3.70. The van der Waals surface area contributed by atoms with Crippen molar-refractivity contribution in [3.8, 4) is 0 Å². The van der Waals surface area contributed by atoms with E-state index in [1.807, 2.05) is 13.1 Å². The highest BCUT2D eigenvalue weighted by Crippen LogP contribution is 2.46. The molecule has 0 bridgehead atoms. The van der Waals surface area contributed by atoms with Crippen LogP contribution in [0.2, 0.25) is 5.02 Å². The molecule has 10 heteroatoms. The molecule has 0 unspecified atom stereocenters. The summed E-state index contributed by atoms with van der Waals surface area (Å²) in [7, 11) is 1.66. The molecule has 0 aromatic carbocycles. The number of hydrogen-bond donors (Lipinski definition) is 0. The van der Waals surface area contributed by atoms with Gasteiger partial charge in [-0.05, 0) is 19.8 Å². The molecule has 2 heterocycles. The lowest BCUT2D eigenvalue weighted by Crippen LogP contribution is -2.27. The van der Waals surface area contributed by atoms with Crippen molar-refractivity contribution >= 4 is 17.5 Å². The molecular weight excluding hydrogens is 383 g/mol. The topological polar surface area (TPSA) is 56.0 Å². The van der Waals surface area contributed by atoms with Crippen LogP contribution in [0.25, 0.3) is 0 Å². The van der Waals surface area contributed by atoms with Gasteiger partial charge in [0.05, 0.1) is 23.5 Å². The van der Waals surface area contributed by atoms with Crippen LogP contribution in [0, 0.1) is 0 Å². The van der Waals surface area contributed by atoms with E-state index >= 15 is 0 Å². The van der Waals surface area contributed by atoms with Gasteiger partial charge in [-0.15, -0.1) is 0 Å². The minimum atomic E-state index is -4.60. The van der Waals surface area contributed by atoms with Crippen molar-refractivity contribution in [1.29, 1.82) is 0 Å². The van der Waals surface area contributed by atoms with Gasteiger partial charge in [-0.2, -0.15) is 23.4 Å². The molecule has 1 aliphatic rings. The molecule has 27 heavy (non-hydrogen) atoms. The van der Waals surface area contributed by atoms with Crippen LogP contribution >= 0.6 is 11.6 Å². The Morgan fingerprint density at radius 2 is 2.11 bits per heavy atom. The zero-order chi connectivity index (χ0) is 19.8. The molecule has 2 aromatic rings. The normalized spacial score (nSPS) is 14.6. The summed E-state index contributed by atoms with van der Waals surface area (Å²) in [6.07, 6.45) is 0.578. The first-order chi connectivity index (χ1) is 12.7. The summed E-state index contributed by atoms with van der Waals surface area (Å²) in [6, 6.07) is 0. The molecular formula is C17H21ClF3N5O. The van der Waals surface area contributed by atoms with Crippen molar-refractivity contribution in [2.75, 3.05) is 7.05 Å². The van der Waals surface area contributed by atoms with Crippen molar-refractivity contribution in [2.24, 2.45) is 0 Å². The maximum Gasteiger partial charge on any atom is 0.436 e. The quantitative estimate of drug-likeness (QED) is 0.708. The van der Waals surface area contributed by atoms with Gasteiger partial charge < -0.3 is 4.90 Å². The third-order valence-corrected chi connectivity index (χ3v) is 4.93. The Bertz CT molecular complexity index is 825. The van der Waals surface area contributed by atoms with Gasteiger partial charge in [-0.3, -0.25) is 14.2 Å². The summed E-state index contributed by atoms with van der Waals surface area (Å²) < 4.78 is 42.3. The van der Waals surface area contributed by atoms with Gasteiger partial charge in [0, 0.05) is 44.2 Å². The van der Waals surface area contributed by atoms with Crippen LogP contribution in [0.5, 0.6) is 0 Å². The number of aromatic nitrogens is 4. The van der Waals surface area contributed by atoms with Gasteiger partial charge in [0.1, 0.15) is 0 Å². The number of hydrogen-bond acceptors (Lipinski definition) is 3. The Balaban J connectivity index is 1.66. The van der Waals surface area contributed by atoms with E-state index in [1.165, 1.54) is 9.58 Å². The average Bonchev–Trinajstić information content (AvgIpc) is 3.23. The Kier molecular flexibility index (Phi) is 5.50. The highest BCUT2D eigenvalue weighted by atomic mass is 35.5. The number of amides is 1. The van der Waals surface area contributed by atoms with Gasteiger partial charge in [0.25, 0.3) is 0 Å². The molecule has 1 aliphatic carbocycles. The number of halogens is 4. The van der Waals surface area contributed by atoms with E-state index in [0.29, 0.717) is 12.2 Å². The molecule has 6 nitrogen and oxygen atoms in total. The molecule has 0 radical (unpaired) electrons. The number of aryl methyl sites for hydroxylation is 2. The van der Waals surface area contributed by atoms with E-state index in [0.717, 1.165) is 24.9 Å². The smallest absolute Gasteiger partial charge is 0.341 e. The highest BCUT2D eigenvalue weighted by molar-refractivity contribution is 6.32. The van der Waals surface area contributed by atoms with Gasteiger partial charge in [-0.25, -0.2) is 0 Å². The fourth-order valence-corrected chi connectivity index (χ4v) is 3.36. The SMILES string of the molecule is CCn1cc(CN(C)C(=O)CCn2nc(C(F)(F)F)c(Cl)c2C2CC2)cn1. The van der Waals surface area contributed by atoms with E-state index in [9.17, 15) is 18.0 Å². The lowest BCUT2D eigenvalue weighted by molar-refractivity contribution is -0.141. The molecule has 0 saturated heterocycles. The monoisotopic (exact) mass is 403 g/mol. The molecule has 0 N–H and O–H groups in total. The Hall–Kier alpha value is -2.03. The summed E-state index contributed by atoms with van der Waals surface area (Å²) in [5.74, 6) is -0.185. The number of carbonyl (C=O) groups is 1. The molecule has 0 spiro atoms. The maximum atomic E-state index is 13.1. The standard InChI is InChI=1S/C17H21ClF3N5O/c1-3-25-10-11(8-22-25)9-24(2)13(27)6-7-26-15(12-4-5-12)14(18)16(23-26)17(19,20)21/h8,10,12H,3-7,9H2,1-2H3. The fourth-order valence-electron chi connectivity index (χ4n) is 2.97. The Morgan fingerprint density at radius 1 is 1.41 bits per heavy atom. The van der Waals surface area contributed by atoms with E-state index in [2.05, 4.69) is 10.2 Å². The Morgan fingerprint density at radius 3 is 2.67 bits per heavy atom. The van der Waals surface area contributed by atoms with Crippen LogP contribution in [0.1, 0.15) is 49.1 Å². The highest BCUT2D eigenvalue weighted by Gasteiger charge is 2.42. The van der Waals surface area contributed by atoms with Gasteiger partial charge >= 0.3 is 6.18 Å². The molecule has 2 aromatic heterocycles. The third kappa shape index (κ3) is 4.45. The number of alkyl halides is 3. The molecule has 3 rings (SSSR count). The van der Waals surface area contributed by atoms with Crippen LogP contribution < -0.4 is 0 Å². The Labute approximate surface area is 159 Å². The van der Waals surface area contributed by atoms with Crippen LogP contribution in [-0.2, 0) is 30.6 Å². The van der Waals surface area contributed by atoms with Crippen molar-refractivity contribution in [2.45, 2.75) is 57.9 Å². The van der Waals surface area contributed by atoms with Crippen molar-refractivity contribution in [1.82, 2.24) is 24.5 Å². The van der Waals surface area contributed by atoms with Gasteiger partial charge in [0.2, 0.25) is 5.91 Å². The molecule has 1 amide bonds. The number of carbonyl (C=O) groups excluding carboxylic acids is 1. The predicted molar refractivity (Wildman–Crippen MR) is 93.2 cm³/mol. The number of rotatable bonds is 7. The van der Waals surface area contributed by atoms with Crippen LogP contribution in [-0.4, -0.2) is 37.4 Å². The second kappa shape index (κ2) is 7.53. The van der Waals surface area contributed by atoms with Crippen molar-refractivity contribution < 1.29 is 18.0 Å². The van der Waals surface area contributed by atoms with Crippen molar-refractivity contribution in [3.63, 3.8) is 0 Å². The van der Waals surface area contributed by atoms with Crippen LogP contribution in [0.3, 0.4) is 0 Å². The van der Waals surface area contributed by atoms with Crippen LogP contribution in [0.4, 0.5) is 13.2 Å².